The molecule has 2 heterocycles. The monoisotopic (exact) mass is 222 g/mol. The van der Waals surface area contributed by atoms with E-state index < -0.39 is 0 Å². The van der Waals surface area contributed by atoms with Crippen molar-refractivity contribution < 1.29 is 0 Å². The summed E-state index contributed by atoms with van der Waals surface area (Å²) >= 11 is 0. The molecule has 92 valence electrons. The van der Waals surface area contributed by atoms with Crippen molar-refractivity contribution >= 4 is 0 Å². The van der Waals surface area contributed by atoms with Crippen LogP contribution in [0.15, 0.2) is 0 Å². The van der Waals surface area contributed by atoms with Crippen molar-refractivity contribution in [3.63, 3.8) is 0 Å². The van der Waals surface area contributed by atoms with E-state index in [1.807, 2.05) is 0 Å². The van der Waals surface area contributed by atoms with Crippen LogP contribution in [0.25, 0.3) is 0 Å². The molecule has 3 fully saturated rings. The van der Waals surface area contributed by atoms with Crippen molar-refractivity contribution in [2.45, 2.75) is 51.0 Å². The number of rotatable bonds is 2. The lowest BCUT2D eigenvalue weighted by atomic mass is 9.86. The molecule has 0 aromatic heterocycles. The molecule has 2 aliphatic heterocycles. The fourth-order valence-corrected chi connectivity index (χ4v) is 4.09. The third kappa shape index (κ3) is 2.28. The van der Waals surface area contributed by atoms with E-state index in [-0.39, 0.29) is 0 Å². The highest BCUT2D eigenvalue weighted by molar-refractivity contribution is 4.92. The number of hydrogen-bond donors (Lipinski definition) is 1. The molecule has 0 amide bonds. The minimum Gasteiger partial charge on any atom is -0.315 e. The quantitative estimate of drug-likeness (QED) is 0.771. The first-order chi connectivity index (χ1) is 7.93. The molecule has 16 heavy (non-hydrogen) atoms. The third-order valence-corrected chi connectivity index (χ3v) is 5.01. The average Bonchev–Trinajstić information content (AvgIpc) is 2.80. The molecular formula is C14H26N2. The second kappa shape index (κ2) is 5.05. The Kier molecular flexibility index (Phi) is 3.49. The number of hydrogen-bond acceptors (Lipinski definition) is 2. The van der Waals surface area contributed by atoms with Crippen LogP contribution in [-0.4, -0.2) is 37.1 Å². The van der Waals surface area contributed by atoms with Gasteiger partial charge in [0.1, 0.15) is 0 Å². The Bertz CT molecular complexity index is 223. The largest absolute Gasteiger partial charge is 0.315 e. The Morgan fingerprint density at radius 3 is 2.69 bits per heavy atom. The molecule has 3 rings (SSSR count). The maximum atomic E-state index is 3.59. The van der Waals surface area contributed by atoms with Crippen LogP contribution in [0.1, 0.15) is 44.9 Å². The summed E-state index contributed by atoms with van der Waals surface area (Å²) < 4.78 is 0. The van der Waals surface area contributed by atoms with Crippen LogP contribution in [-0.2, 0) is 0 Å². The molecule has 2 atom stereocenters. The molecule has 1 N–H and O–H groups in total. The van der Waals surface area contributed by atoms with Gasteiger partial charge in [-0.15, -0.1) is 0 Å². The van der Waals surface area contributed by atoms with E-state index in [1.54, 1.807) is 0 Å². The van der Waals surface area contributed by atoms with Crippen molar-refractivity contribution in [3.8, 4) is 0 Å². The van der Waals surface area contributed by atoms with Gasteiger partial charge in [0.25, 0.3) is 0 Å². The van der Waals surface area contributed by atoms with Crippen LogP contribution in [0.3, 0.4) is 0 Å². The van der Waals surface area contributed by atoms with E-state index in [9.17, 15) is 0 Å². The van der Waals surface area contributed by atoms with E-state index in [4.69, 9.17) is 0 Å². The van der Waals surface area contributed by atoms with Gasteiger partial charge in [0.15, 0.2) is 0 Å². The molecule has 0 bridgehead atoms. The van der Waals surface area contributed by atoms with E-state index >= 15 is 0 Å². The standard InChI is InChI=1S/C14H26N2/c1-2-5-12(6-3-1)11-16-8-4-7-13-9-15-10-14(13)16/h12-15H,1-11H2. The van der Waals surface area contributed by atoms with E-state index in [1.165, 1.54) is 71.1 Å². The van der Waals surface area contributed by atoms with Gasteiger partial charge < -0.3 is 5.32 Å². The Labute approximate surface area is 99.8 Å². The van der Waals surface area contributed by atoms with Crippen molar-refractivity contribution in [2.75, 3.05) is 26.2 Å². The predicted molar refractivity (Wildman–Crippen MR) is 67.5 cm³/mol. The summed E-state index contributed by atoms with van der Waals surface area (Å²) in [6.45, 7) is 5.32. The van der Waals surface area contributed by atoms with Crippen molar-refractivity contribution in [1.29, 1.82) is 0 Å². The van der Waals surface area contributed by atoms with Crippen LogP contribution in [0.5, 0.6) is 0 Å². The first kappa shape index (κ1) is 11.0. The molecule has 2 unspecified atom stereocenters. The van der Waals surface area contributed by atoms with Crippen molar-refractivity contribution in [1.82, 2.24) is 10.2 Å². The molecule has 0 radical (unpaired) electrons. The van der Waals surface area contributed by atoms with Crippen LogP contribution < -0.4 is 5.32 Å². The van der Waals surface area contributed by atoms with Gasteiger partial charge in [-0.3, -0.25) is 4.90 Å². The zero-order valence-electron chi connectivity index (χ0n) is 10.5. The first-order valence-electron chi connectivity index (χ1n) is 7.38. The highest BCUT2D eigenvalue weighted by atomic mass is 15.2. The van der Waals surface area contributed by atoms with Crippen LogP contribution in [0.4, 0.5) is 0 Å². The minimum atomic E-state index is 0.885. The Balaban J connectivity index is 1.56. The minimum absolute atomic E-state index is 0.885. The van der Waals surface area contributed by atoms with Crippen molar-refractivity contribution in [2.24, 2.45) is 11.8 Å². The lowest BCUT2D eigenvalue weighted by Crippen LogP contribution is -2.47. The number of fused-ring (bicyclic) bond motifs is 1. The van der Waals surface area contributed by atoms with Gasteiger partial charge in [-0.25, -0.2) is 0 Å². The molecule has 0 aromatic rings. The van der Waals surface area contributed by atoms with E-state index in [2.05, 4.69) is 10.2 Å². The average molecular weight is 222 g/mol. The molecule has 2 heteroatoms. The van der Waals surface area contributed by atoms with Gasteiger partial charge in [0, 0.05) is 19.1 Å². The van der Waals surface area contributed by atoms with Gasteiger partial charge in [0.2, 0.25) is 0 Å². The molecule has 0 aromatic carbocycles. The van der Waals surface area contributed by atoms with Crippen LogP contribution in [0, 0.1) is 11.8 Å². The molecule has 2 nitrogen and oxygen atoms in total. The van der Waals surface area contributed by atoms with Gasteiger partial charge in [0.05, 0.1) is 0 Å². The summed E-state index contributed by atoms with van der Waals surface area (Å²) in [7, 11) is 0. The van der Waals surface area contributed by atoms with Crippen LogP contribution in [0.2, 0.25) is 0 Å². The fraction of sp³-hybridized carbons (Fsp3) is 1.00. The third-order valence-electron chi connectivity index (χ3n) is 5.01. The van der Waals surface area contributed by atoms with Gasteiger partial charge in [-0.1, -0.05) is 19.3 Å². The second-order valence-electron chi connectivity index (χ2n) is 6.13. The normalized spacial score (nSPS) is 37.5. The smallest absolute Gasteiger partial charge is 0.0261 e. The molecular weight excluding hydrogens is 196 g/mol. The Hall–Kier alpha value is -0.0800. The Morgan fingerprint density at radius 1 is 0.938 bits per heavy atom. The molecule has 1 aliphatic carbocycles. The predicted octanol–water partition coefficient (Wildman–Crippen LogP) is 2.25. The first-order valence-corrected chi connectivity index (χ1v) is 7.38. The molecule has 0 spiro atoms. The highest BCUT2D eigenvalue weighted by Gasteiger charge is 2.35. The fourth-order valence-electron chi connectivity index (χ4n) is 4.09. The highest BCUT2D eigenvalue weighted by Crippen LogP contribution is 2.30. The summed E-state index contributed by atoms with van der Waals surface area (Å²) in [5.41, 5.74) is 0. The maximum absolute atomic E-state index is 3.59. The topological polar surface area (TPSA) is 15.3 Å². The maximum Gasteiger partial charge on any atom is 0.0261 e. The molecule has 1 saturated carbocycles. The van der Waals surface area contributed by atoms with Gasteiger partial charge in [-0.2, -0.15) is 0 Å². The van der Waals surface area contributed by atoms with E-state index in [0.29, 0.717) is 0 Å². The Morgan fingerprint density at radius 2 is 1.81 bits per heavy atom. The van der Waals surface area contributed by atoms with Gasteiger partial charge >= 0.3 is 0 Å². The lowest BCUT2D eigenvalue weighted by Gasteiger charge is -2.39. The summed E-state index contributed by atoms with van der Waals surface area (Å²) in [5.74, 6) is 1.99. The molecule has 3 aliphatic rings. The second-order valence-corrected chi connectivity index (χ2v) is 6.13. The zero-order chi connectivity index (χ0) is 10.8. The summed E-state index contributed by atoms with van der Waals surface area (Å²) in [5, 5.41) is 3.59. The van der Waals surface area contributed by atoms with E-state index in [0.717, 1.165) is 17.9 Å². The zero-order valence-corrected chi connectivity index (χ0v) is 10.5. The van der Waals surface area contributed by atoms with Crippen molar-refractivity contribution in [3.05, 3.63) is 0 Å². The summed E-state index contributed by atoms with van der Waals surface area (Å²) in [4.78, 5) is 2.82. The lowest BCUT2D eigenvalue weighted by molar-refractivity contribution is 0.0956. The number of nitrogens with one attached hydrogen (secondary N) is 1. The number of likely N-dealkylation sites (tertiary alicyclic amines) is 1. The van der Waals surface area contributed by atoms with Crippen LogP contribution >= 0.6 is 0 Å². The SMILES string of the molecule is C1CCC(CN2CCCC3CNCC32)CC1. The van der Waals surface area contributed by atoms with Gasteiger partial charge in [-0.05, 0) is 50.6 Å². The number of piperidine rings is 1. The molecule has 2 saturated heterocycles. The summed E-state index contributed by atoms with van der Waals surface area (Å²) in [6.07, 6.45) is 10.4. The number of nitrogens with zero attached hydrogens (tertiary/aromatic N) is 1. The summed E-state index contributed by atoms with van der Waals surface area (Å²) in [6, 6.07) is 0.885.